The molecule has 0 bridgehead atoms. The van der Waals surface area contributed by atoms with Crippen molar-refractivity contribution >= 4 is 22.5 Å². The van der Waals surface area contributed by atoms with Crippen molar-refractivity contribution < 1.29 is 4.79 Å². The fraction of sp³-hybridized carbons (Fsp3) is 0.174. The molecular formula is C23H22N4O2. The highest BCUT2D eigenvalue weighted by Crippen LogP contribution is 2.22. The van der Waals surface area contributed by atoms with Gasteiger partial charge < -0.3 is 14.9 Å². The second kappa shape index (κ2) is 7.75. The van der Waals surface area contributed by atoms with Crippen LogP contribution < -0.4 is 10.9 Å². The molecule has 0 saturated carbocycles. The van der Waals surface area contributed by atoms with Crippen molar-refractivity contribution in [1.82, 2.24) is 14.5 Å². The summed E-state index contributed by atoms with van der Waals surface area (Å²) in [4.78, 5) is 31.8. The maximum atomic E-state index is 12.6. The third kappa shape index (κ3) is 3.82. The molecule has 6 heteroatoms. The van der Waals surface area contributed by atoms with Gasteiger partial charge in [-0.1, -0.05) is 25.1 Å². The van der Waals surface area contributed by atoms with Crippen molar-refractivity contribution in [2.75, 3.05) is 5.32 Å². The minimum Gasteiger partial charge on any atom is -0.333 e. The number of nitrogens with zero attached hydrogens (tertiary/aromatic N) is 2. The van der Waals surface area contributed by atoms with Gasteiger partial charge in [0, 0.05) is 41.1 Å². The van der Waals surface area contributed by atoms with E-state index in [4.69, 9.17) is 0 Å². The Morgan fingerprint density at radius 1 is 1.17 bits per heavy atom. The van der Waals surface area contributed by atoms with Gasteiger partial charge in [0.15, 0.2) is 0 Å². The number of carbonyl (C=O) groups is 1. The van der Waals surface area contributed by atoms with Crippen LogP contribution in [0.25, 0.3) is 10.9 Å². The van der Waals surface area contributed by atoms with Gasteiger partial charge in [0.2, 0.25) is 0 Å². The summed E-state index contributed by atoms with van der Waals surface area (Å²) in [6.45, 7) is 4.64. The normalized spacial score (nSPS) is 11.0. The van der Waals surface area contributed by atoms with E-state index < -0.39 is 0 Å². The minimum absolute atomic E-state index is 0.0746. The Labute approximate surface area is 168 Å². The number of aryl methyl sites for hydroxylation is 1. The molecule has 0 fully saturated rings. The molecule has 6 nitrogen and oxygen atoms in total. The van der Waals surface area contributed by atoms with Gasteiger partial charge >= 0.3 is 0 Å². The maximum Gasteiger partial charge on any atom is 0.255 e. The Bertz CT molecular complexity index is 1220. The first-order chi connectivity index (χ1) is 14.0. The fourth-order valence-electron chi connectivity index (χ4n) is 3.56. The molecule has 0 saturated heterocycles. The van der Waals surface area contributed by atoms with Gasteiger partial charge in [0.05, 0.1) is 11.8 Å². The Morgan fingerprint density at radius 3 is 2.66 bits per heavy atom. The highest BCUT2D eigenvalue weighted by Gasteiger charge is 2.10. The highest BCUT2D eigenvalue weighted by molar-refractivity contribution is 6.05. The van der Waals surface area contributed by atoms with Gasteiger partial charge in [0.1, 0.15) is 0 Å². The molecule has 4 rings (SSSR count). The minimum atomic E-state index is -0.192. The summed E-state index contributed by atoms with van der Waals surface area (Å²) < 4.78 is 1.97. The van der Waals surface area contributed by atoms with E-state index >= 15 is 0 Å². The zero-order valence-electron chi connectivity index (χ0n) is 16.4. The zero-order valence-corrected chi connectivity index (χ0v) is 16.4. The first kappa shape index (κ1) is 18.7. The zero-order chi connectivity index (χ0) is 20.4. The lowest BCUT2D eigenvalue weighted by Gasteiger charge is -2.10. The third-order valence-electron chi connectivity index (χ3n) is 5.15. The smallest absolute Gasteiger partial charge is 0.255 e. The van der Waals surface area contributed by atoms with E-state index in [0.29, 0.717) is 24.2 Å². The molecule has 0 unspecified atom stereocenters. The number of hydrogen-bond donors (Lipinski definition) is 2. The van der Waals surface area contributed by atoms with Crippen molar-refractivity contribution in [2.24, 2.45) is 0 Å². The number of aromatic nitrogens is 3. The van der Waals surface area contributed by atoms with Crippen LogP contribution in [0.5, 0.6) is 0 Å². The second-order valence-electron chi connectivity index (χ2n) is 7.06. The third-order valence-corrected chi connectivity index (χ3v) is 5.15. The largest absolute Gasteiger partial charge is 0.333 e. The number of imidazole rings is 1. The van der Waals surface area contributed by atoms with Gasteiger partial charge in [-0.25, -0.2) is 4.98 Å². The molecule has 1 amide bonds. The number of fused-ring (bicyclic) bond motifs is 1. The number of rotatable bonds is 5. The molecule has 2 heterocycles. The van der Waals surface area contributed by atoms with Gasteiger partial charge in [-0.15, -0.1) is 0 Å². The van der Waals surface area contributed by atoms with E-state index in [1.54, 1.807) is 18.6 Å². The van der Waals surface area contributed by atoms with E-state index in [0.717, 1.165) is 27.6 Å². The first-order valence-corrected chi connectivity index (χ1v) is 9.56. The average molecular weight is 386 g/mol. The summed E-state index contributed by atoms with van der Waals surface area (Å²) in [5.41, 5.74) is 4.73. The van der Waals surface area contributed by atoms with E-state index in [1.165, 1.54) is 0 Å². The Hall–Kier alpha value is -3.67. The quantitative estimate of drug-likeness (QED) is 0.546. The molecule has 2 aromatic carbocycles. The van der Waals surface area contributed by atoms with E-state index in [-0.39, 0.29) is 11.5 Å². The summed E-state index contributed by atoms with van der Waals surface area (Å²) in [5, 5.41) is 3.90. The molecular weight excluding hydrogens is 364 g/mol. The maximum absolute atomic E-state index is 12.6. The van der Waals surface area contributed by atoms with Crippen molar-refractivity contribution in [3.05, 3.63) is 93.8 Å². The first-order valence-electron chi connectivity index (χ1n) is 9.56. The number of amides is 1. The molecule has 2 aromatic heterocycles. The van der Waals surface area contributed by atoms with Crippen LogP contribution in [0.15, 0.2) is 66.0 Å². The summed E-state index contributed by atoms with van der Waals surface area (Å²) in [6.07, 6.45) is 6.08. The van der Waals surface area contributed by atoms with E-state index in [9.17, 15) is 9.59 Å². The van der Waals surface area contributed by atoms with Crippen molar-refractivity contribution in [3.8, 4) is 0 Å². The Kier molecular flexibility index (Phi) is 4.99. The molecule has 0 aliphatic rings. The van der Waals surface area contributed by atoms with E-state index in [1.807, 2.05) is 61.0 Å². The predicted octanol–water partition coefficient (Wildman–Crippen LogP) is 3.90. The molecule has 4 aromatic rings. The van der Waals surface area contributed by atoms with Crippen LogP contribution in [-0.4, -0.2) is 20.4 Å². The van der Waals surface area contributed by atoms with Crippen LogP contribution in [0.3, 0.4) is 0 Å². The topological polar surface area (TPSA) is 79.8 Å². The van der Waals surface area contributed by atoms with Crippen LogP contribution in [0, 0.1) is 6.92 Å². The highest BCUT2D eigenvalue weighted by atomic mass is 16.1. The Balaban J connectivity index is 1.53. The van der Waals surface area contributed by atoms with Crippen molar-refractivity contribution in [1.29, 1.82) is 0 Å². The molecule has 0 spiro atoms. The summed E-state index contributed by atoms with van der Waals surface area (Å²) in [7, 11) is 0. The lowest BCUT2D eigenvalue weighted by atomic mass is 10.0. The molecule has 0 atom stereocenters. The molecule has 2 N–H and O–H groups in total. The van der Waals surface area contributed by atoms with Crippen molar-refractivity contribution in [3.63, 3.8) is 0 Å². The van der Waals surface area contributed by atoms with Crippen LogP contribution >= 0.6 is 0 Å². The van der Waals surface area contributed by atoms with Gasteiger partial charge in [-0.2, -0.15) is 0 Å². The second-order valence-corrected chi connectivity index (χ2v) is 7.06. The Morgan fingerprint density at radius 2 is 1.97 bits per heavy atom. The van der Waals surface area contributed by atoms with Crippen LogP contribution in [0.4, 0.5) is 5.69 Å². The lowest BCUT2D eigenvalue weighted by Crippen LogP contribution is -2.15. The number of benzene rings is 2. The average Bonchev–Trinajstić information content (AvgIpc) is 3.21. The predicted molar refractivity (Wildman–Crippen MR) is 114 cm³/mol. The fourth-order valence-corrected chi connectivity index (χ4v) is 3.56. The lowest BCUT2D eigenvalue weighted by molar-refractivity contribution is 0.102. The molecule has 146 valence electrons. The van der Waals surface area contributed by atoms with Crippen LogP contribution in [-0.2, 0) is 13.0 Å². The summed E-state index contributed by atoms with van der Waals surface area (Å²) in [5.74, 6) is -0.192. The standard InChI is InChI=1S/C23H22N4O2/c1-3-19-15(2)20-9-8-18(12-21(20)26-23(19)29)25-22(28)17-6-4-16(5-7-17)13-27-11-10-24-14-27/h4-12,14H,3,13H2,1-2H3,(H,25,28)(H,26,29). The monoisotopic (exact) mass is 386 g/mol. The number of anilines is 1. The van der Waals surface area contributed by atoms with Gasteiger partial charge in [-0.3, -0.25) is 9.59 Å². The van der Waals surface area contributed by atoms with Crippen LogP contribution in [0.1, 0.15) is 34.0 Å². The summed E-state index contributed by atoms with van der Waals surface area (Å²) >= 11 is 0. The van der Waals surface area contributed by atoms with Gasteiger partial charge in [0.25, 0.3) is 11.5 Å². The molecule has 29 heavy (non-hydrogen) atoms. The number of aromatic amines is 1. The molecule has 0 aliphatic carbocycles. The van der Waals surface area contributed by atoms with E-state index in [2.05, 4.69) is 15.3 Å². The van der Waals surface area contributed by atoms with Crippen LogP contribution in [0.2, 0.25) is 0 Å². The summed E-state index contributed by atoms with van der Waals surface area (Å²) in [6, 6.07) is 13.1. The SMILES string of the molecule is CCc1c(C)c2ccc(NC(=O)c3ccc(Cn4ccnc4)cc3)cc2[nH]c1=O. The van der Waals surface area contributed by atoms with Crippen molar-refractivity contribution in [2.45, 2.75) is 26.8 Å². The number of H-pyrrole nitrogens is 1. The molecule has 0 radical (unpaired) electrons. The number of hydrogen-bond acceptors (Lipinski definition) is 3. The number of nitrogens with one attached hydrogen (secondary N) is 2. The van der Waals surface area contributed by atoms with Gasteiger partial charge in [-0.05, 0) is 48.7 Å². The number of pyridine rings is 1. The number of carbonyl (C=O) groups excluding carboxylic acids is 1. The molecule has 0 aliphatic heterocycles.